The van der Waals surface area contributed by atoms with Gasteiger partial charge in [0.05, 0.1) is 12.2 Å². The highest BCUT2D eigenvalue weighted by molar-refractivity contribution is 5.06. The fourth-order valence-electron chi connectivity index (χ4n) is 2.93. The molecule has 0 aromatic heterocycles. The van der Waals surface area contributed by atoms with E-state index in [0.29, 0.717) is 6.42 Å². The summed E-state index contributed by atoms with van der Waals surface area (Å²) >= 11 is 0. The third-order valence-corrected chi connectivity index (χ3v) is 4.11. The number of hydrogen-bond donors (Lipinski definition) is 1. The summed E-state index contributed by atoms with van der Waals surface area (Å²) in [6.45, 7) is 1.04. The molecule has 0 bridgehead atoms. The Morgan fingerprint density at radius 1 is 1.31 bits per heavy atom. The minimum Gasteiger partial charge on any atom is -0.392 e. The summed E-state index contributed by atoms with van der Waals surface area (Å²) in [4.78, 5) is 0. The van der Waals surface area contributed by atoms with Crippen LogP contribution < -0.4 is 0 Å². The summed E-state index contributed by atoms with van der Waals surface area (Å²) in [6.07, 6.45) is -3.02. The molecule has 2 aliphatic rings. The van der Waals surface area contributed by atoms with Crippen LogP contribution in [0.4, 0.5) is 13.2 Å². The quantitative estimate of drug-likeness (QED) is 0.801. The molecular weight excluding hydrogens is 221 g/mol. The second-order valence-electron chi connectivity index (χ2n) is 5.00. The van der Waals surface area contributed by atoms with Crippen LogP contribution in [0.2, 0.25) is 0 Å². The van der Waals surface area contributed by atoms with Crippen LogP contribution in [0.5, 0.6) is 0 Å². The van der Waals surface area contributed by atoms with Crippen molar-refractivity contribution in [3.8, 4) is 0 Å². The van der Waals surface area contributed by atoms with Gasteiger partial charge in [0.2, 0.25) is 0 Å². The van der Waals surface area contributed by atoms with E-state index in [2.05, 4.69) is 0 Å². The lowest BCUT2D eigenvalue weighted by Crippen LogP contribution is -2.58. The molecule has 0 aromatic carbocycles. The Kier molecular flexibility index (Phi) is 2.95. The number of ether oxygens (including phenoxy) is 1. The Balaban J connectivity index is 1.97. The third kappa shape index (κ3) is 1.84. The Bertz CT molecular complexity index is 258. The minimum atomic E-state index is -4.31. The molecule has 2 nitrogen and oxygen atoms in total. The second kappa shape index (κ2) is 3.88. The Morgan fingerprint density at radius 2 is 1.88 bits per heavy atom. The van der Waals surface area contributed by atoms with Gasteiger partial charge in [-0.25, -0.2) is 0 Å². The zero-order chi connectivity index (χ0) is 12.0. The standard InChI is InChI=1S/C11H17F3O2/c1-7(11(12,13)14)16-9-6-8(15)10(9)4-2-3-5-10/h7-9,15H,2-6H2,1H3. The van der Waals surface area contributed by atoms with Gasteiger partial charge in [-0.1, -0.05) is 12.8 Å². The van der Waals surface area contributed by atoms with E-state index in [4.69, 9.17) is 4.74 Å². The summed E-state index contributed by atoms with van der Waals surface area (Å²) in [5.41, 5.74) is -0.375. The van der Waals surface area contributed by atoms with Gasteiger partial charge in [0.15, 0.2) is 6.10 Å². The first kappa shape index (κ1) is 12.2. The highest BCUT2D eigenvalue weighted by Gasteiger charge is 2.57. The SMILES string of the molecule is CC(OC1CC(O)C12CCCC2)C(F)(F)F. The molecule has 0 aliphatic heterocycles. The maximum Gasteiger partial charge on any atom is 0.414 e. The third-order valence-electron chi connectivity index (χ3n) is 4.11. The molecule has 1 N–H and O–H groups in total. The van der Waals surface area contributed by atoms with E-state index in [1.165, 1.54) is 0 Å². The van der Waals surface area contributed by atoms with Crippen molar-refractivity contribution in [2.24, 2.45) is 5.41 Å². The zero-order valence-electron chi connectivity index (χ0n) is 9.26. The van der Waals surface area contributed by atoms with Crippen LogP contribution in [0.1, 0.15) is 39.0 Å². The molecule has 94 valence electrons. The molecule has 1 spiro atoms. The van der Waals surface area contributed by atoms with Crippen molar-refractivity contribution in [2.75, 3.05) is 0 Å². The van der Waals surface area contributed by atoms with E-state index in [1.54, 1.807) is 0 Å². The second-order valence-corrected chi connectivity index (χ2v) is 5.00. The number of halogens is 3. The molecule has 2 saturated carbocycles. The average Bonchev–Trinajstić information content (AvgIpc) is 2.66. The lowest BCUT2D eigenvalue weighted by molar-refractivity contribution is -0.275. The summed E-state index contributed by atoms with van der Waals surface area (Å²) in [5.74, 6) is 0. The molecule has 16 heavy (non-hydrogen) atoms. The van der Waals surface area contributed by atoms with E-state index in [9.17, 15) is 18.3 Å². The van der Waals surface area contributed by atoms with Crippen molar-refractivity contribution in [1.29, 1.82) is 0 Å². The maximum absolute atomic E-state index is 12.4. The Labute approximate surface area is 92.8 Å². The van der Waals surface area contributed by atoms with Gasteiger partial charge in [-0.05, 0) is 19.8 Å². The fourth-order valence-corrected chi connectivity index (χ4v) is 2.93. The van der Waals surface area contributed by atoms with Crippen LogP contribution in [0, 0.1) is 5.41 Å². The lowest BCUT2D eigenvalue weighted by atomic mass is 9.62. The molecule has 2 rings (SSSR count). The molecule has 0 aromatic rings. The number of aliphatic hydroxyl groups is 1. The van der Waals surface area contributed by atoms with Crippen LogP contribution in [-0.2, 0) is 4.74 Å². The van der Waals surface area contributed by atoms with Gasteiger partial charge in [0, 0.05) is 11.8 Å². The first-order valence-corrected chi connectivity index (χ1v) is 5.76. The van der Waals surface area contributed by atoms with Crippen molar-refractivity contribution in [1.82, 2.24) is 0 Å². The monoisotopic (exact) mass is 238 g/mol. The molecule has 2 fully saturated rings. The van der Waals surface area contributed by atoms with Crippen molar-refractivity contribution < 1.29 is 23.0 Å². The van der Waals surface area contributed by atoms with Gasteiger partial charge < -0.3 is 9.84 Å². The van der Waals surface area contributed by atoms with Gasteiger partial charge in [-0.2, -0.15) is 13.2 Å². The van der Waals surface area contributed by atoms with Crippen LogP contribution in [0.3, 0.4) is 0 Å². The molecule has 0 radical (unpaired) electrons. The van der Waals surface area contributed by atoms with E-state index >= 15 is 0 Å². The van der Waals surface area contributed by atoms with Crippen molar-refractivity contribution in [3.63, 3.8) is 0 Å². The predicted octanol–water partition coefficient (Wildman–Crippen LogP) is 2.65. The van der Waals surface area contributed by atoms with E-state index in [0.717, 1.165) is 32.6 Å². The van der Waals surface area contributed by atoms with Gasteiger partial charge in [-0.3, -0.25) is 0 Å². The number of aliphatic hydroxyl groups excluding tert-OH is 1. The summed E-state index contributed by atoms with van der Waals surface area (Å²) in [7, 11) is 0. The van der Waals surface area contributed by atoms with Gasteiger partial charge >= 0.3 is 6.18 Å². The fraction of sp³-hybridized carbons (Fsp3) is 1.00. The largest absolute Gasteiger partial charge is 0.414 e. The van der Waals surface area contributed by atoms with Gasteiger partial charge in [0.1, 0.15) is 0 Å². The number of rotatable bonds is 2. The van der Waals surface area contributed by atoms with Crippen molar-refractivity contribution in [3.05, 3.63) is 0 Å². The smallest absolute Gasteiger partial charge is 0.392 e. The first-order chi connectivity index (χ1) is 7.36. The normalized spacial score (nSPS) is 35.1. The summed E-state index contributed by atoms with van der Waals surface area (Å²) < 4.78 is 42.1. The Morgan fingerprint density at radius 3 is 2.31 bits per heavy atom. The molecule has 3 unspecified atom stereocenters. The predicted molar refractivity (Wildman–Crippen MR) is 51.9 cm³/mol. The molecule has 0 heterocycles. The zero-order valence-corrected chi connectivity index (χ0v) is 9.26. The van der Waals surface area contributed by atoms with Crippen molar-refractivity contribution >= 4 is 0 Å². The average molecular weight is 238 g/mol. The minimum absolute atomic E-state index is 0.348. The summed E-state index contributed by atoms with van der Waals surface area (Å²) in [6, 6.07) is 0. The maximum atomic E-state index is 12.4. The molecule has 0 amide bonds. The number of alkyl halides is 3. The van der Waals surface area contributed by atoms with Crippen molar-refractivity contribution in [2.45, 2.75) is 63.5 Å². The Hall–Kier alpha value is -0.290. The van der Waals surface area contributed by atoms with E-state index in [-0.39, 0.29) is 5.41 Å². The van der Waals surface area contributed by atoms with Gasteiger partial charge in [0.25, 0.3) is 0 Å². The van der Waals surface area contributed by atoms with Crippen LogP contribution in [0.15, 0.2) is 0 Å². The van der Waals surface area contributed by atoms with Crippen LogP contribution >= 0.6 is 0 Å². The molecule has 5 heteroatoms. The van der Waals surface area contributed by atoms with E-state index in [1.807, 2.05) is 0 Å². The highest BCUT2D eigenvalue weighted by Crippen LogP contribution is 2.55. The summed E-state index contributed by atoms with van der Waals surface area (Å²) in [5, 5.41) is 9.72. The molecular formula is C11H17F3O2. The molecule has 3 atom stereocenters. The van der Waals surface area contributed by atoms with Crippen LogP contribution in [-0.4, -0.2) is 29.6 Å². The molecule has 0 saturated heterocycles. The highest BCUT2D eigenvalue weighted by atomic mass is 19.4. The first-order valence-electron chi connectivity index (χ1n) is 5.76. The van der Waals surface area contributed by atoms with E-state index < -0.39 is 24.5 Å². The number of hydrogen-bond acceptors (Lipinski definition) is 2. The molecule has 2 aliphatic carbocycles. The topological polar surface area (TPSA) is 29.5 Å². The van der Waals surface area contributed by atoms with Crippen LogP contribution in [0.25, 0.3) is 0 Å². The van der Waals surface area contributed by atoms with Gasteiger partial charge in [-0.15, -0.1) is 0 Å². The lowest BCUT2D eigenvalue weighted by Gasteiger charge is -2.52.